The summed E-state index contributed by atoms with van der Waals surface area (Å²) in [6, 6.07) is 5.44. The Morgan fingerprint density at radius 3 is 2.53 bits per heavy atom. The summed E-state index contributed by atoms with van der Waals surface area (Å²) in [5.41, 5.74) is 4.10. The van der Waals surface area contributed by atoms with Crippen molar-refractivity contribution in [3.63, 3.8) is 0 Å². The van der Waals surface area contributed by atoms with Crippen LogP contribution in [-0.2, 0) is 4.79 Å². The number of anilines is 1. The number of nitrogens with one attached hydrogen (secondary N) is 1. The molecule has 5 heteroatoms. The normalized spacial score (nSPS) is 10.5. The van der Waals surface area contributed by atoms with Crippen LogP contribution in [0.2, 0.25) is 0 Å². The Morgan fingerprint density at radius 1 is 1.24 bits per heavy atom. The lowest BCUT2D eigenvalue weighted by molar-refractivity contribution is -0.134. The molecule has 0 saturated heterocycles. The number of carboxylic acid groups (broad SMARTS) is 1. The lowest BCUT2D eigenvalue weighted by Crippen LogP contribution is -2.12. The molecule has 2 N–H and O–H groups in total. The maximum atomic E-state index is 10.4. The Morgan fingerprint density at radius 2 is 1.88 bits per heavy atom. The molecule has 1 aromatic carbocycles. The van der Waals surface area contributed by atoms with Gasteiger partial charge in [0.05, 0.1) is 22.4 Å². The van der Waals surface area contributed by atoms with Crippen molar-refractivity contribution in [2.45, 2.75) is 13.8 Å². The smallest absolute Gasteiger partial charge is 0.322 e. The van der Waals surface area contributed by atoms with Gasteiger partial charge >= 0.3 is 5.97 Å². The van der Waals surface area contributed by atoms with E-state index in [-0.39, 0.29) is 6.54 Å². The van der Waals surface area contributed by atoms with E-state index in [0.29, 0.717) is 0 Å². The highest BCUT2D eigenvalue weighted by atomic mass is 16.4. The summed E-state index contributed by atoms with van der Waals surface area (Å²) in [4.78, 5) is 19.3. The van der Waals surface area contributed by atoms with Crippen LogP contribution >= 0.6 is 0 Å². The quantitative estimate of drug-likeness (QED) is 0.841. The number of benzene rings is 1. The summed E-state index contributed by atoms with van der Waals surface area (Å²) >= 11 is 0. The van der Waals surface area contributed by atoms with Crippen LogP contribution in [0.25, 0.3) is 11.0 Å². The average molecular weight is 231 g/mol. The van der Waals surface area contributed by atoms with E-state index < -0.39 is 5.97 Å². The van der Waals surface area contributed by atoms with Crippen molar-refractivity contribution in [3.05, 3.63) is 29.6 Å². The van der Waals surface area contributed by atoms with Crippen molar-refractivity contribution in [2.24, 2.45) is 0 Å². The van der Waals surface area contributed by atoms with E-state index in [2.05, 4.69) is 15.3 Å². The van der Waals surface area contributed by atoms with Crippen LogP contribution in [0, 0.1) is 13.8 Å². The lowest BCUT2D eigenvalue weighted by atomic mass is 10.2. The van der Waals surface area contributed by atoms with E-state index in [1.807, 2.05) is 19.9 Å². The maximum absolute atomic E-state index is 10.4. The van der Waals surface area contributed by atoms with Crippen LogP contribution in [0.4, 0.5) is 5.69 Å². The minimum atomic E-state index is -0.892. The second-order valence-corrected chi connectivity index (χ2v) is 3.85. The fourth-order valence-corrected chi connectivity index (χ4v) is 1.52. The van der Waals surface area contributed by atoms with Gasteiger partial charge in [-0.15, -0.1) is 0 Å². The molecule has 0 atom stereocenters. The molecule has 0 aliphatic rings. The fraction of sp³-hybridized carbons (Fsp3) is 0.250. The van der Waals surface area contributed by atoms with E-state index in [1.54, 1.807) is 12.1 Å². The predicted molar refractivity (Wildman–Crippen MR) is 65.1 cm³/mol. The molecule has 2 rings (SSSR count). The third-order valence-electron chi connectivity index (χ3n) is 2.52. The zero-order valence-electron chi connectivity index (χ0n) is 9.69. The number of carboxylic acids is 1. The number of nitrogens with zero attached hydrogens (tertiary/aromatic N) is 2. The number of hydrogen-bond acceptors (Lipinski definition) is 4. The van der Waals surface area contributed by atoms with Gasteiger partial charge in [-0.2, -0.15) is 0 Å². The van der Waals surface area contributed by atoms with Gasteiger partial charge in [0.1, 0.15) is 6.54 Å². The number of fused-ring (bicyclic) bond motifs is 1. The summed E-state index contributed by atoms with van der Waals surface area (Å²) in [7, 11) is 0. The summed E-state index contributed by atoms with van der Waals surface area (Å²) in [6.07, 6.45) is 0. The Balaban J connectivity index is 2.36. The topological polar surface area (TPSA) is 75.1 Å². The van der Waals surface area contributed by atoms with Crippen molar-refractivity contribution in [1.29, 1.82) is 0 Å². The third-order valence-corrected chi connectivity index (χ3v) is 2.52. The maximum Gasteiger partial charge on any atom is 0.322 e. The molecule has 2 aromatic rings. The van der Waals surface area contributed by atoms with Crippen molar-refractivity contribution in [1.82, 2.24) is 9.97 Å². The molecule has 0 spiro atoms. The zero-order valence-corrected chi connectivity index (χ0v) is 9.69. The molecule has 0 saturated carbocycles. The summed E-state index contributed by atoms with van der Waals surface area (Å²) in [5.74, 6) is -0.892. The Labute approximate surface area is 98.5 Å². The number of rotatable bonds is 3. The second kappa shape index (κ2) is 4.37. The molecule has 0 bridgehead atoms. The van der Waals surface area contributed by atoms with Crippen LogP contribution in [0.5, 0.6) is 0 Å². The van der Waals surface area contributed by atoms with E-state index in [0.717, 1.165) is 28.1 Å². The van der Waals surface area contributed by atoms with Crippen LogP contribution in [0.3, 0.4) is 0 Å². The van der Waals surface area contributed by atoms with Crippen molar-refractivity contribution >= 4 is 22.7 Å². The fourth-order valence-electron chi connectivity index (χ4n) is 1.52. The highest BCUT2D eigenvalue weighted by molar-refractivity contribution is 5.80. The highest BCUT2D eigenvalue weighted by Crippen LogP contribution is 2.17. The van der Waals surface area contributed by atoms with Crippen LogP contribution in [0.15, 0.2) is 18.2 Å². The molecule has 1 aromatic heterocycles. The summed E-state index contributed by atoms with van der Waals surface area (Å²) < 4.78 is 0. The summed E-state index contributed by atoms with van der Waals surface area (Å²) in [6.45, 7) is 3.71. The highest BCUT2D eigenvalue weighted by Gasteiger charge is 2.03. The molecule has 0 amide bonds. The Bertz CT molecular complexity index is 581. The number of carbonyl (C=O) groups is 1. The van der Waals surface area contributed by atoms with Gasteiger partial charge in [-0.05, 0) is 32.0 Å². The van der Waals surface area contributed by atoms with Gasteiger partial charge in [0.15, 0.2) is 0 Å². The van der Waals surface area contributed by atoms with Gasteiger partial charge in [0.2, 0.25) is 0 Å². The minimum Gasteiger partial charge on any atom is -0.480 e. The van der Waals surface area contributed by atoms with Crippen LogP contribution in [0.1, 0.15) is 11.4 Å². The molecule has 5 nitrogen and oxygen atoms in total. The third kappa shape index (κ3) is 2.50. The van der Waals surface area contributed by atoms with E-state index in [1.165, 1.54) is 0 Å². The molecule has 0 radical (unpaired) electrons. The SMILES string of the molecule is Cc1nc2ccc(NCC(=O)O)cc2nc1C. The predicted octanol–water partition coefficient (Wildman–Crippen LogP) is 1.74. The van der Waals surface area contributed by atoms with Crippen molar-refractivity contribution in [3.8, 4) is 0 Å². The first-order valence-electron chi connectivity index (χ1n) is 5.27. The number of aliphatic carboxylic acids is 1. The molecular formula is C12H13N3O2. The molecule has 0 aliphatic carbocycles. The number of aromatic nitrogens is 2. The van der Waals surface area contributed by atoms with Gasteiger partial charge in [0, 0.05) is 5.69 Å². The van der Waals surface area contributed by atoms with E-state index >= 15 is 0 Å². The molecule has 0 fully saturated rings. The lowest BCUT2D eigenvalue weighted by Gasteiger charge is -2.06. The van der Waals surface area contributed by atoms with E-state index in [9.17, 15) is 4.79 Å². The second-order valence-electron chi connectivity index (χ2n) is 3.85. The minimum absolute atomic E-state index is 0.107. The molecule has 0 unspecified atom stereocenters. The van der Waals surface area contributed by atoms with Crippen LogP contribution in [-0.4, -0.2) is 27.6 Å². The van der Waals surface area contributed by atoms with Gasteiger partial charge in [-0.3, -0.25) is 4.79 Å². The largest absolute Gasteiger partial charge is 0.480 e. The molecular weight excluding hydrogens is 218 g/mol. The Kier molecular flexibility index (Phi) is 2.91. The zero-order chi connectivity index (χ0) is 12.4. The molecule has 1 heterocycles. The molecule has 0 aliphatic heterocycles. The number of hydrogen-bond donors (Lipinski definition) is 2. The summed E-state index contributed by atoms with van der Waals surface area (Å²) in [5, 5.41) is 11.4. The van der Waals surface area contributed by atoms with Crippen LogP contribution < -0.4 is 5.32 Å². The standard InChI is InChI=1S/C12H13N3O2/c1-7-8(2)15-11-5-9(13-6-12(16)17)3-4-10(11)14-7/h3-5,13H,6H2,1-2H3,(H,16,17). The number of aryl methyl sites for hydroxylation is 2. The Hall–Kier alpha value is -2.17. The van der Waals surface area contributed by atoms with Gasteiger partial charge in [0.25, 0.3) is 0 Å². The van der Waals surface area contributed by atoms with Crippen molar-refractivity contribution < 1.29 is 9.90 Å². The van der Waals surface area contributed by atoms with E-state index in [4.69, 9.17) is 5.11 Å². The monoisotopic (exact) mass is 231 g/mol. The molecule has 17 heavy (non-hydrogen) atoms. The van der Waals surface area contributed by atoms with Gasteiger partial charge in [-0.1, -0.05) is 0 Å². The van der Waals surface area contributed by atoms with Gasteiger partial charge < -0.3 is 10.4 Å². The molecule has 88 valence electrons. The first-order chi connectivity index (χ1) is 8.06. The van der Waals surface area contributed by atoms with Gasteiger partial charge in [-0.25, -0.2) is 9.97 Å². The average Bonchev–Trinajstić information content (AvgIpc) is 2.28. The van der Waals surface area contributed by atoms with Crippen molar-refractivity contribution in [2.75, 3.05) is 11.9 Å². The first-order valence-corrected chi connectivity index (χ1v) is 5.27. The first kappa shape index (κ1) is 11.3.